The van der Waals surface area contributed by atoms with Crippen LogP contribution in [0.25, 0.3) is 0 Å². The average molecular weight is 353 g/mol. The van der Waals surface area contributed by atoms with Gasteiger partial charge in [0.05, 0.1) is 25.5 Å². The van der Waals surface area contributed by atoms with Gasteiger partial charge in [0.2, 0.25) is 0 Å². The van der Waals surface area contributed by atoms with E-state index in [2.05, 4.69) is 29.9 Å². The molecule has 0 aliphatic carbocycles. The second-order valence-corrected chi connectivity index (χ2v) is 7.55. The number of hydrogen-bond donors (Lipinski definition) is 0. The number of fused-ring (bicyclic) bond motifs is 4. The van der Waals surface area contributed by atoms with Gasteiger partial charge in [0, 0.05) is 42.7 Å². The van der Waals surface area contributed by atoms with Crippen molar-refractivity contribution in [1.82, 2.24) is 14.9 Å². The second kappa shape index (κ2) is 6.88. The third-order valence-corrected chi connectivity index (χ3v) is 5.74. The van der Waals surface area contributed by atoms with Gasteiger partial charge in [0.15, 0.2) is 0 Å². The van der Waals surface area contributed by atoms with Gasteiger partial charge in [-0.2, -0.15) is 0 Å². The van der Waals surface area contributed by atoms with Crippen molar-refractivity contribution in [3.8, 4) is 11.5 Å². The number of ether oxygens (including phenoxy) is 2. The lowest BCUT2D eigenvalue weighted by Crippen LogP contribution is -2.38. The first-order valence-electron chi connectivity index (χ1n) is 9.43. The molecule has 2 aromatic rings. The minimum atomic E-state index is 0.369. The monoisotopic (exact) mass is 353 g/mol. The summed E-state index contributed by atoms with van der Waals surface area (Å²) in [5.74, 6) is 3.11. The van der Waals surface area contributed by atoms with E-state index < -0.39 is 0 Å². The van der Waals surface area contributed by atoms with Crippen LogP contribution in [-0.2, 0) is 13.0 Å². The highest BCUT2D eigenvalue weighted by Gasteiger charge is 2.41. The van der Waals surface area contributed by atoms with E-state index in [-0.39, 0.29) is 0 Å². The minimum Gasteiger partial charge on any atom is -0.496 e. The molecule has 1 aromatic heterocycles. The lowest BCUT2D eigenvalue weighted by molar-refractivity contribution is 0.162. The molecule has 4 rings (SSSR count). The normalized spacial score (nSPS) is 21.7. The van der Waals surface area contributed by atoms with Gasteiger partial charge in [-0.25, -0.2) is 9.97 Å². The van der Waals surface area contributed by atoms with Crippen LogP contribution in [0.2, 0.25) is 0 Å². The molecule has 0 amide bonds. The molecule has 26 heavy (non-hydrogen) atoms. The Kier molecular flexibility index (Phi) is 4.57. The summed E-state index contributed by atoms with van der Waals surface area (Å²) in [5, 5.41) is 0. The lowest BCUT2D eigenvalue weighted by atomic mass is 9.97. The van der Waals surface area contributed by atoms with Crippen LogP contribution in [-0.4, -0.2) is 35.1 Å². The van der Waals surface area contributed by atoms with Crippen molar-refractivity contribution in [2.24, 2.45) is 0 Å². The fourth-order valence-corrected chi connectivity index (χ4v) is 4.38. The zero-order valence-corrected chi connectivity index (χ0v) is 16.0. The maximum atomic E-state index is 5.60. The number of benzene rings is 1. The van der Waals surface area contributed by atoms with Crippen molar-refractivity contribution in [3.05, 3.63) is 47.0 Å². The SMILES string of the molecule is COc1cccc(OC)c1CN1[C@@H]2CC[C@@H]1c1cnc(C(C)C)nc1C2. The van der Waals surface area contributed by atoms with Crippen LogP contribution >= 0.6 is 0 Å². The zero-order valence-electron chi connectivity index (χ0n) is 16.0. The van der Waals surface area contributed by atoms with E-state index in [0.717, 1.165) is 35.9 Å². The number of rotatable bonds is 5. The van der Waals surface area contributed by atoms with Gasteiger partial charge in [-0.05, 0) is 25.0 Å². The first kappa shape index (κ1) is 17.3. The van der Waals surface area contributed by atoms with Gasteiger partial charge in [0.1, 0.15) is 17.3 Å². The summed E-state index contributed by atoms with van der Waals surface area (Å²) in [6.45, 7) is 5.13. The number of nitrogens with zero attached hydrogens (tertiary/aromatic N) is 3. The lowest BCUT2D eigenvalue weighted by Gasteiger charge is -2.36. The van der Waals surface area contributed by atoms with Gasteiger partial charge >= 0.3 is 0 Å². The summed E-state index contributed by atoms with van der Waals surface area (Å²) in [7, 11) is 3.44. The van der Waals surface area contributed by atoms with Crippen molar-refractivity contribution < 1.29 is 9.47 Å². The first-order valence-corrected chi connectivity index (χ1v) is 9.43. The number of hydrogen-bond acceptors (Lipinski definition) is 5. The second-order valence-electron chi connectivity index (χ2n) is 7.55. The van der Waals surface area contributed by atoms with E-state index in [1.165, 1.54) is 24.1 Å². The molecule has 2 aliphatic rings. The van der Waals surface area contributed by atoms with Crippen molar-refractivity contribution in [2.45, 2.75) is 57.7 Å². The Balaban J connectivity index is 1.67. The Hall–Kier alpha value is -2.14. The van der Waals surface area contributed by atoms with Crippen LogP contribution in [0.3, 0.4) is 0 Å². The molecule has 2 atom stereocenters. The van der Waals surface area contributed by atoms with Crippen LogP contribution in [0, 0.1) is 0 Å². The molecule has 5 nitrogen and oxygen atoms in total. The van der Waals surface area contributed by atoms with Crippen LogP contribution in [0.5, 0.6) is 11.5 Å². The molecule has 138 valence electrons. The van der Waals surface area contributed by atoms with Crippen LogP contribution < -0.4 is 9.47 Å². The maximum Gasteiger partial charge on any atom is 0.131 e. The quantitative estimate of drug-likeness (QED) is 0.816. The minimum absolute atomic E-state index is 0.369. The Morgan fingerprint density at radius 2 is 1.88 bits per heavy atom. The predicted octanol–water partition coefficient (Wildman–Crippen LogP) is 3.88. The largest absolute Gasteiger partial charge is 0.496 e. The molecule has 0 spiro atoms. The van der Waals surface area contributed by atoms with Gasteiger partial charge in [0.25, 0.3) is 0 Å². The highest BCUT2D eigenvalue weighted by Crippen LogP contribution is 2.45. The van der Waals surface area contributed by atoms with E-state index >= 15 is 0 Å². The molecule has 0 N–H and O–H groups in total. The standard InChI is InChI=1S/C21H27N3O2/c1-13(2)21-22-11-15-17(23-21)10-14-8-9-18(15)24(14)12-16-19(25-3)6-5-7-20(16)26-4/h5-7,11,13-14,18H,8-10,12H2,1-4H3/t14-,18-/m1/s1. The fourth-order valence-electron chi connectivity index (χ4n) is 4.38. The molecule has 0 saturated carbocycles. The number of methoxy groups -OCH3 is 2. The molecule has 2 bridgehead atoms. The highest BCUT2D eigenvalue weighted by molar-refractivity contribution is 5.45. The van der Waals surface area contributed by atoms with E-state index in [1.807, 2.05) is 18.2 Å². The molecular weight excluding hydrogens is 326 g/mol. The van der Waals surface area contributed by atoms with Gasteiger partial charge in [-0.15, -0.1) is 0 Å². The van der Waals surface area contributed by atoms with E-state index in [1.54, 1.807) is 14.2 Å². The molecule has 0 unspecified atom stereocenters. The average Bonchev–Trinajstić information content (AvgIpc) is 2.93. The van der Waals surface area contributed by atoms with Gasteiger partial charge < -0.3 is 9.47 Å². The predicted molar refractivity (Wildman–Crippen MR) is 101 cm³/mol. The summed E-state index contributed by atoms with van der Waals surface area (Å²) in [6.07, 6.45) is 5.44. The van der Waals surface area contributed by atoms with Crippen molar-refractivity contribution in [2.75, 3.05) is 14.2 Å². The molecular formula is C21H27N3O2. The molecule has 1 fully saturated rings. The summed E-state index contributed by atoms with van der Waals surface area (Å²) in [5.41, 5.74) is 3.68. The summed E-state index contributed by atoms with van der Waals surface area (Å²) < 4.78 is 11.2. The molecule has 2 aliphatic heterocycles. The summed E-state index contributed by atoms with van der Waals surface area (Å²) in [6, 6.07) is 6.91. The summed E-state index contributed by atoms with van der Waals surface area (Å²) in [4.78, 5) is 12.1. The molecule has 1 aromatic carbocycles. The first-order chi connectivity index (χ1) is 12.6. The van der Waals surface area contributed by atoms with Crippen molar-refractivity contribution >= 4 is 0 Å². The number of aromatic nitrogens is 2. The van der Waals surface area contributed by atoms with Gasteiger partial charge in [-0.1, -0.05) is 19.9 Å². The smallest absolute Gasteiger partial charge is 0.131 e. The van der Waals surface area contributed by atoms with Crippen molar-refractivity contribution in [3.63, 3.8) is 0 Å². The Morgan fingerprint density at radius 1 is 1.15 bits per heavy atom. The van der Waals surface area contributed by atoms with Crippen LogP contribution in [0.1, 0.15) is 61.3 Å². The Morgan fingerprint density at radius 3 is 2.54 bits per heavy atom. The Bertz CT molecular complexity index is 784. The summed E-state index contributed by atoms with van der Waals surface area (Å²) >= 11 is 0. The fraction of sp³-hybridized carbons (Fsp3) is 0.524. The highest BCUT2D eigenvalue weighted by atomic mass is 16.5. The van der Waals surface area contributed by atoms with Crippen LogP contribution in [0.15, 0.2) is 24.4 Å². The van der Waals surface area contributed by atoms with E-state index in [9.17, 15) is 0 Å². The third-order valence-electron chi connectivity index (χ3n) is 5.74. The maximum absolute atomic E-state index is 5.60. The molecule has 1 saturated heterocycles. The molecule has 3 heterocycles. The van der Waals surface area contributed by atoms with E-state index in [4.69, 9.17) is 14.5 Å². The van der Waals surface area contributed by atoms with Crippen molar-refractivity contribution in [1.29, 1.82) is 0 Å². The Labute approximate surface area is 155 Å². The van der Waals surface area contributed by atoms with Crippen LogP contribution in [0.4, 0.5) is 0 Å². The topological polar surface area (TPSA) is 47.5 Å². The molecule has 5 heteroatoms. The third kappa shape index (κ3) is 2.84. The van der Waals surface area contributed by atoms with Gasteiger partial charge in [-0.3, -0.25) is 4.90 Å². The zero-order chi connectivity index (χ0) is 18.3. The molecule has 0 radical (unpaired) electrons. The van der Waals surface area contributed by atoms with E-state index in [0.29, 0.717) is 18.0 Å².